The van der Waals surface area contributed by atoms with E-state index in [0.29, 0.717) is 0 Å². The highest BCUT2D eigenvalue weighted by molar-refractivity contribution is 5.56. The van der Waals surface area contributed by atoms with E-state index >= 15 is 0 Å². The molecule has 94 valence electrons. The minimum absolute atomic E-state index is 0.757. The van der Waals surface area contributed by atoms with Crippen molar-refractivity contribution in [2.45, 2.75) is 26.2 Å². The Kier molecular flexibility index (Phi) is 3.89. The fourth-order valence-electron chi connectivity index (χ4n) is 2.62. The Morgan fingerprint density at radius 1 is 1.24 bits per heavy atom. The molecule has 1 fully saturated rings. The molecule has 0 amide bonds. The highest BCUT2D eigenvalue weighted by Crippen LogP contribution is 2.25. The van der Waals surface area contributed by atoms with E-state index in [1.807, 2.05) is 12.1 Å². The van der Waals surface area contributed by atoms with Gasteiger partial charge in [-0.3, -0.25) is 0 Å². The summed E-state index contributed by atoms with van der Waals surface area (Å²) in [6.45, 7) is 5.88. The maximum absolute atomic E-state index is 6.00. The second-order valence-corrected chi connectivity index (χ2v) is 5.04. The fourth-order valence-corrected chi connectivity index (χ4v) is 2.62. The van der Waals surface area contributed by atoms with Crippen molar-refractivity contribution >= 4 is 11.4 Å². The van der Waals surface area contributed by atoms with E-state index in [1.54, 1.807) is 0 Å². The molecule has 1 aliphatic rings. The SMILES string of the molecule is CCN1CCC(Cc2ccc(N)cc2N)CC1. The topological polar surface area (TPSA) is 55.3 Å². The number of benzene rings is 1. The molecule has 0 aromatic heterocycles. The fraction of sp³-hybridized carbons (Fsp3) is 0.571. The Labute approximate surface area is 104 Å². The van der Waals surface area contributed by atoms with Gasteiger partial charge in [0, 0.05) is 11.4 Å². The Balaban J connectivity index is 1.93. The number of likely N-dealkylation sites (tertiary alicyclic amines) is 1. The van der Waals surface area contributed by atoms with E-state index in [2.05, 4.69) is 17.9 Å². The normalized spacial score (nSPS) is 18.4. The standard InChI is InChI=1S/C14H23N3/c1-2-17-7-5-11(6-8-17)9-12-3-4-13(15)10-14(12)16/h3-4,10-11H,2,5-9,15-16H2,1H3. The first-order valence-electron chi connectivity index (χ1n) is 6.55. The van der Waals surface area contributed by atoms with Crippen molar-refractivity contribution in [3.63, 3.8) is 0 Å². The van der Waals surface area contributed by atoms with Crippen LogP contribution in [0.2, 0.25) is 0 Å². The summed E-state index contributed by atoms with van der Waals surface area (Å²) in [5.74, 6) is 0.781. The first kappa shape index (κ1) is 12.2. The summed E-state index contributed by atoms with van der Waals surface area (Å²) in [6.07, 6.45) is 3.68. The van der Waals surface area contributed by atoms with Gasteiger partial charge in [-0.1, -0.05) is 13.0 Å². The first-order valence-corrected chi connectivity index (χ1v) is 6.55. The number of nitrogens with two attached hydrogens (primary N) is 2. The predicted molar refractivity (Wildman–Crippen MR) is 73.8 cm³/mol. The van der Waals surface area contributed by atoms with Gasteiger partial charge < -0.3 is 16.4 Å². The molecule has 3 heteroatoms. The molecule has 1 aromatic rings. The van der Waals surface area contributed by atoms with Gasteiger partial charge in [-0.2, -0.15) is 0 Å². The molecule has 1 aromatic carbocycles. The molecule has 0 saturated carbocycles. The van der Waals surface area contributed by atoms with Gasteiger partial charge in [0.05, 0.1) is 0 Å². The van der Waals surface area contributed by atoms with Crippen molar-refractivity contribution < 1.29 is 0 Å². The highest BCUT2D eigenvalue weighted by atomic mass is 15.1. The molecule has 0 unspecified atom stereocenters. The second kappa shape index (κ2) is 5.41. The van der Waals surface area contributed by atoms with Crippen molar-refractivity contribution in [2.75, 3.05) is 31.1 Å². The molecule has 0 bridgehead atoms. The van der Waals surface area contributed by atoms with Crippen molar-refractivity contribution in [3.8, 4) is 0 Å². The van der Waals surface area contributed by atoms with Crippen LogP contribution in [0.15, 0.2) is 18.2 Å². The van der Waals surface area contributed by atoms with Crippen molar-refractivity contribution in [3.05, 3.63) is 23.8 Å². The van der Waals surface area contributed by atoms with E-state index in [-0.39, 0.29) is 0 Å². The maximum Gasteiger partial charge on any atom is 0.0367 e. The van der Waals surface area contributed by atoms with Crippen LogP contribution >= 0.6 is 0 Å². The lowest BCUT2D eigenvalue weighted by Gasteiger charge is -2.31. The monoisotopic (exact) mass is 233 g/mol. The van der Waals surface area contributed by atoms with Gasteiger partial charge in [0.25, 0.3) is 0 Å². The zero-order valence-corrected chi connectivity index (χ0v) is 10.7. The lowest BCUT2D eigenvalue weighted by atomic mass is 9.89. The molecule has 17 heavy (non-hydrogen) atoms. The van der Waals surface area contributed by atoms with Gasteiger partial charge in [-0.05, 0) is 62.5 Å². The van der Waals surface area contributed by atoms with Gasteiger partial charge in [-0.15, -0.1) is 0 Å². The number of piperidine rings is 1. The Bertz CT molecular complexity index is 368. The predicted octanol–water partition coefficient (Wildman–Crippen LogP) is 2.13. The second-order valence-electron chi connectivity index (χ2n) is 5.04. The van der Waals surface area contributed by atoms with Crippen LogP contribution in [-0.2, 0) is 6.42 Å². The van der Waals surface area contributed by atoms with Gasteiger partial charge in [0.1, 0.15) is 0 Å². The van der Waals surface area contributed by atoms with Gasteiger partial charge in [-0.25, -0.2) is 0 Å². The zero-order chi connectivity index (χ0) is 12.3. The number of rotatable bonds is 3. The van der Waals surface area contributed by atoms with Crippen LogP contribution in [0.4, 0.5) is 11.4 Å². The molecule has 3 nitrogen and oxygen atoms in total. The summed E-state index contributed by atoms with van der Waals surface area (Å²) < 4.78 is 0. The van der Waals surface area contributed by atoms with E-state index in [4.69, 9.17) is 11.5 Å². The molecule has 0 atom stereocenters. The number of nitrogens with zero attached hydrogens (tertiary/aromatic N) is 1. The number of anilines is 2. The minimum atomic E-state index is 0.757. The average molecular weight is 233 g/mol. The third-order valence-electron chi connectivity index (χ3n) is 3.83. The van der Waals surface area contributed by atoms with E-state index < -0.39 is 0 Å². The molecule has 1 heterocycles. The van der Waals surface area contributed by atoms with Crippen molar-refractivity contribution in [1.29, 1.82) is 0 Å². The summed E-state index contributed by atoms with van der Waals surface area (Å²) in [5, 5.41) is 0. The summed E-state index contributed by atoms with van der Waals surface area (Å²) >= 11 is 0. The van der Waals surface area contributed by atoms with E-state index in [9.17, 15) is 0 Å². The number of hydrogen-bond donors (Lipinski definition) is 2. The molecule has 1 saturated heterocycles. The third-order valence-corrected chi connectivity index (χ3v) is 3.83. The largest absolute Gasteiger partial charge is 0.399 e. The molecular weight excluding hydrogens is 210 g/mol. The average Bonchev–Trinajstić information content (AvgIpc) is 2.34. The Hall–Kier alpha value is -1.22. The van der Waals surface area contributed by atoms with Crippen LogP contribution in [0.5, 0.6) is 0 Å². The quantitative estimate of drug-likeness (QED) is 0.786. The first-order chi connectivity index (χ1) is 8.19. The molecule has 4 N–H and O–H groups in total. The Morgan fingerprint density at radius 2 is 1.94 bits per heavy atom. The molecule has 0 spiro atoms. The lowest BCUT2D eigenvalue weighted by Crippen LogP contribution is -2.34. The number of nitrogen functional groups attached to an aromatic ring is 2. The van der Waals surface area contributed by atoms with Gasteiger partial charge >= 0.3 is 0 Å². The van der Waals surface area contributed by atoms with Gasteiger partial charge in [0.2, 0.25) is 0 Å². The molecule has 0 radical (unpaired) electrons. The van der Waals surface area contributed by atoms with E-state index in [1.165, 1.54) is 38.0 Å². The number of hydrogen-bond acceptors (Lipinski definition) is 3. The van der Waals surface area contributed by atoms with Crippen LogP contribution in [0, 0.1) is 5.92 Å². The van der Waals surface area contributed by atoms with Crippen molar-refractivity contribution in [1.82, 2.24) is 4.90 Å². The van der Waals surface area contributed by atoms with Crippen molar-refractivity contribution in [2.24, 2.45) is 5.92 Å². The van der Waals surface area contributed by atoms with E-state index in [0.717, 1.165) is 23.7 Å². The lowest BCUT2D eigenvalue weighted by molar-refractivity contribution is 0.192. The van der Waals surface area contributed by atoms with Crippen LogP contribution in [0.1, 0.15) is 25.3 Å². The summed E-state index contributed by atoms with van der Waals surface area (Å²) in [4.78, 5) is 2.52. The Morgan fingerprint density at radius 3 is 2.53 bits per heavy atom. The van der Waals surface area contributed by atoms with Gasteiger partial charge in [0.15, 0.2) is 0 Å². The molecule has 0 aliphatic carbocycles. The molecular formula is C14H23N3. The van der Waals surface area contributed by atoms with Crippen LogP contribution in [0.25, 0.3) is 0 Å². The summed E-state index contributed by atoms with van der Waals surface area (Å²) in [6, 6.07) is 5.90. The summed E-state index contributed by atoms with van der Waals surface area (Å²) in [5.41, 5.74) is 14.6. The van der Waals surface area contributed by atoms with Crippen LogP contribution in [-0.4, -0.2) is 24.5 Å². The molecule has 1 aliphatic heterocycles. The zero-order valence-electron chi connectivity index (χ0n) is 10.7. The summed E-state index contributed by atoms with van der Waals surface area (Å²) in [7, 11) is 0. The van der Waals surface area contributed by atoms with Crippen LogP contribution < -0.4 is 11.5 Å². The highest BCUT2D eigenvalue weighted by Gasteiger charge is 2.18. The third kappa shape index (κ3) is 3.13. The van der Waals surface area contributed by atoms with Crippen LogP contribution in [0.3, 0.4) is 0 Å². The minimum Gasteiger partial charge on any atom is -0.399 e. The molecule has 2 rings (SSSR count). The smallest absolute Gasteiger partial charge is 0.0367 e. The maximum atomic E-state index is 6.00.